The van der Waals surface area contributed by atoms with Crippen molar-refractivity contribution in [1.82, 2.24) is 10.2 Å². The number of hydrogen-bond acceptors (Lipinski definition) is 3. The first-order valence-corrected chi connectivity index (χ1v) is 9.17. The lowest BCUT2D eigenvalue weighted by Crippen LogP contribution is -2.64. The molecule has 0 aromatic heterocycles. The molecule has 0 aromatic carbocycles. The lowest BCUT2D eigenvalue weighted by Gasteiger charge is -2.50. The summed E-state index contributed by atoms with van der Waals surface area (Å²) in [6.45, 7) is 9.33. The van der Waals surface area contributed by atoms with Gasteiger partial charge in [-0.3, -0.25) is 4.90 Å². The molecule has 3 nitrogen and oxygen atoms in total. The van der Waals surface area contributed by atoms with Gasteiger partial charge in [0.25, 0.3) is 0 Å². The highest BCUT2D eigenvalue weighted by Crippen LogP contribution is 2.31. The van der Waals surface area contributed by atoms with Gasteiger partial charge in [-0.1, -0.05) is 26.2 Å². The van der Waals surface area contributed by atoms with Crippen molar-refractivity contribution in [2.24, 2.45) is 5.92 Å². The van der Waals surface area contributed by atoms with Gasteiger partial charge in [-0.15, -0.1) is 0 Å². The largest absolute Gasteiger partial charge is 0.385 e. The van der Waals surface area contributed by atoms with Crippen LogP contribution in [0.2, 0.25) is 0 Å². The average molecular weight is 296 g/mol. The van der Waals surface area contributed by atoms with Gasteiger partial charge in [-0.2, -0.15) is 0 Å². The number of rotatable bonds is 7. The minimum absolute atomic E-state index is 0.345. The van der Waals surface area contributed by atoms with Gasteiger partial charge < -0.3 is 10.1 Å². The number of unbranched alkanes of at least 4 members (excludes halogenated alkanes) is 1. The number of nitrogens with one attached hydrogen (secondary N) is 1. The van der Waals surface area contributed by atoms with E-state index in [1.54, 1.807) is 7.11 Å². The Morgan fingerprint density at radius 1 is 1.19 bits per heavy atom. The van der Waals surface area contributed by atoms with Gasteiger partial charge in [0.05, 0.1) is 0 Å². The summed E-state index contributed by atoms with van der Waals surface area (Å²) in [4.78, 5) is 2.78. The predicted molar refractivity (Wildman–Crippen MR) is 89.7 cm³/mol. The molecule has 3 heteroatoms. The van der Waals surface area contributed by atoms with Crippen LogP contribution in [0.3, 0.4) is 0 Å². The lowest BCUT2D eigenvalue weighted by molar-refractivity contribution is 0.0269. The summed E-state index contributed by atoms with van der Waals surface area (Å²) >= 11 is 0. The van der Waals surface area contributed by atoms with Gasteiger partial charge in [-0.05, 0) is 51.5 Å². The van der Waals surface area contributed by atoms with E-state index in [9.17, 15) is 0 Å². The topological polar surface area (TPSA) is 24.5 Å². The van der Waals surface area contributed by atoms with Gasteiger partial charge in [0, 0.05) is 38.4 Å². The molecule has 2 rings (SSSR count). The van der Waals surface area contributed by atoms with Gasteiger partial charge in [-0.25, -0.2) is 0 Å². The number of piperazine rings is 1. The van der Waals surface area contributed by atoms with Crippen LogP contribution in [0.1, 0.15) is 65.2 Å². The van der Waals surface area contributed by atoms with Gasteiger partial charge in [0.15, 0.2) is 0 Å². The van der Waals surface area contributed by atoms with Crippen molar-refractivity contribution in [1.29, 1.82) is 0 Å². The highest BCUT2D eigenvalue weighted by molar-refractivity contribution is 4.97. The van der Waals surface area contributed by atoms with Crippen molar-refractivity contribution in [3.8, 4) is 0 Å². The summed E-state index contributed by atoms with van der Waals surface area (Å²) in [7, 11) is 1.81. The first kappa shape index (κ1) is 17.2. The molecule has 124 valence electrons. The Bertz CT molecular complexity index is 291. The van der Waals surface area contributed by atoms with Crippen LogP contribution in [-0.2, 0) is 4.74 Å². The minimum Gasteiger partial charge on any atom is -0.385 e. The molecule has 0 radical (unpaired) electrons. The van der Waals surface area contributed by atoms with Crippen molar-refractivity contribution in [3.63, 3.8) is 0 Å². The van der Waals surface area contributed by atoms with E-state index in [0.29, 0.717) is 5.54 Å². The summed E-state index contributed by atoms with van der Waals surface area (Å²) in [6, 6.07) is 0.729. The Morgan fingerprint density at radius 3 is 2.62 bits per heavy atom. The number of hydrogen-bond donors (Lipinski definition) is 1. The maximum absolute atomic E-state index is 5.19. The zero-order valence-corrected chi connectivity index (χ0v) is 14.5. The molecular formula is C18H36N2O. The third-order valence-corrected chi connectivity index (χ3v) is 5.93. The van der Waals surface area contributed by atoms with Crippen LogP contribution in [0, 0.1) is 5.92 Å². The molecule has 1 aliphatic carbocycles. The van der Waals surface area contributed by atoms with E-state index in [-0.39, 0.29) is 0 Å². The lowest BCUT2D eigenvalue weighted by atomic mass is 9.80. The maximum atomic E-state index is 5.19. The zero-order chi connectivity index (χ0) is 15.1. The minimum atomic E-state index is 0.345. The first-order chi connectivity index (χ1) is 10.2. The van der Waals surface area contributed by atoms with Crippen LogP contribution in [0.5, 0.6) is 0 Å². The molecule has 0 bridgehead atoms. The van der Waals surface area contributed by atoms with E-state index in [0.717, 1.165) is 25.1 Å². The fourth-order valence-electron chi connectivity index (χ4n) is 4.10. The second-order valence-corrected chi connectivity index (χ2v) is 7.38. The molecule has 1 aliphatic heterocycles. The summed E-state index contributed by atoms with van der Waals surface area (Å²) in [5.41, 5.74) is 0.345. The molecule has 2 unspecified atom stereocenters. The standard InChI is InChI=1S/C18H36N2O/c1-4-18(2)15-19-17(16-10-6-5-7-11-16)14-20(18)12-8-9-13-21-3/h16-17,19H,4-15H2,1-3H3. The van der Waals surface area contributed by atoms with Crippen LogP contribution in [-0.4, -0.2) is 49.8 Å². The monoisotopic (exact) mass is 296 g/mol. The SMILES string of the molecule is CCC1(C)CNC(C2CCCCC2)CN1CCCCOC. The Hall–Kier alpha value is -0.120. The fourth-order valence-corrected chi connectivity index (χ4v) is 4.10. The second kappa shape index (κ2) is 8.50. The maximum Gasteiger partial charge on any atom is 0.0462 e. The molecule has 1 heterocycles. The second-order valence-electron chi connectivity index (χ2n) is 7.38. The van der Waals surface area contributed by atoms with Crippen molar-refractivity contribution in [2.45, 2.75) is 76.8 Å². The summed E-state index contributed by atoms with van der Waals surface area (Å²) in [5.74, 6) is 0.918. The number of methoxy groups -OCH3 is 1. The molecule has 2 aliphatic rings. The Balaban J connectivity index is 1.88. The highest BCUT2D eigenvalue weighted by atomic mass is 16.5. The molecule has 0 aromatic rings. The van der Waals surface area contributed by atoms with Crippen molar-refractivity contribution in [2.75, 3.05) is 33.4 Å². The number of nitrogens with zero attached hydrogens (tertiary/aromatic N) is 1. The van der Waals surface area contributed by atoms with E-state index in [1.807, 2.05) is 0 Å². The van der Waals surface area contributed by atoms with Crippen molar-refractivity contribution in [3.05, 3.63) is 0 Å². The van der Waals surface area contributed by atoms with E-state index in [2.05, 4.69) is 24.1 Å². The van der Waals surface area contributed by atoms with Gasteiger partial charge in [0.2, 0.25) is 0 Å². The van der Waals surface area contributed by atoms with Gasteiger partial charge >= 0.3 is 0 Å². The Kier molecular flexibility index (Phi) is 6.97. The van der Waals surface area contributed by atoms with Gasteiger partial charge in [0.1, 0.15) is 0 Å². The van der Waals surface area contributed by atoms with E-state index < -0.39 is 0 Å². The molecule has 1 N–H and O–H groups in total. The predicted octanol–water partition coefficient (Wildman–Crippen LogP) is 3.44. The third-order valence-electron chi connectivity index (χ3n) is 5.93. The van der Waals surface area contributed by atoms with E-state index in [1.165, 1.54) is 64.5 Å². The molecule has 2 fully saturated rings. The normalized spacial score (nSPS) is 32.4. The molecule has 1 saturated carbocycles. The summed E-state index contributed by atoms with van der Waals surface area (Å²) in [5, 5.41) is 3.90. The average Bonchev–Trinajstić information content (AvgIpc) is 2.54. The van der Waals surface area contributed by atoms with Crippen molar-refractivity contribution >= 4 is 0 Å². The van der Waals surface area contributed by atoms with Crippen LogP contribution in [0.25, 0.3) is 0 Å². The molecule has 0 spiro atoms. The van der Waals surface area contributed by atoms with Crippen LogP contribution >= 0.6 is 0 Å². The molecular weight excluding hydrogens is 260 g/mol. The van der Waals surface area contributed by atoms with Crippen LogP contribution in [0.4, 0.5) is 0 Å². The van der Waals surface area contributed by atoms with E-state index in [4.69, 9.17) is 4.74 Å². The summed E-state index contributed by atoms with van der Waals surface area (Å²) in [6.07, 6.45) is 10.9. The first-order valence-electron chi connectivity index (χ1n) is 9.17. The highest BCUT2D eigenvalue weighted by Gasteiger charge is 2.38. The number of ether oxygens (including phenoxy) is 1. The molecule has 21 heavy (non-hydrogen) atoms. The quantitative estimate of drug-likeness (QED) is 0.728. The Labute approximate surface area is 131 Å². The molecule has 2 atom stereocenters. The smallest absolute Gasteiger partial charge is 0.0462 e. The zero-order valence-electron chi connectivity index (χ0n) is 14.5. The summed E-state index contributed by atoms with van der Waals surface area (Å²) < 4.78 is 5.19. The van der Waals surface area contributed by atoms with E-state index >= 15 is 0 Å². The molecule has 1 saturated heterocycles. The van der Waals surface area contributed by atoms with Crippen LogP contribution < -0.4 is 5.32 Å². The third kappa shape index (κ3) is 4.67. The van der Waals surface area contributed by atoms with Crippen LogP contribution in [0.15, 0.2) is 0 Å². The molecule has 0 amide bonds. The van der Waals surface area contributed by atoms with Crippen molar-refractivity contribution < 1.29 is 4.74 Å². The fraction of sp³-hybridized carbons (Fsp3) is 1.00. The Morgan fingerprint density at radius 2 is 1.95 bits per heavy atom.